The number of pyridine rings is 1. The van der Waals surface area contributed by atoms with E-state index in [0.717, 1.165) is 17.3 Å². The second-order valence-corrected chi connectivity index (χ2v) is 6.81. The van der Waals surface area contributed by atoms with E-state index < -0.39 is 5.82 Å². The third kappa shape index (κ3) is 3.71. The molecule has 1 amide bonds. The summed E-state index contributed by atoms with van der Waals surface area (Å²) < 4.78 is 30.2. The minimum absolute atomic E-state index is 0.185. The first-order valence-corrected chi connectivity index (χ1v) is 9.13. The number of fused-ring (bicyclic) bond motifs is 2. The van der Waals surface area contributed by atoms with Gasteiger partial charge >= 0.3 is 6.09 Å². The zero-order valence-corrected chi connectivity index (χ0v) is 15.5. The highest BCUT2D eigenvalue weighted by Gasteiger charge is 2.39. The van der Waals surface area contributed by atoms with Crippen LogP contribution in [0.3, 0.4) is 0 Å². The highest BCUT2D eigenvalue weighted by molar-refractivity contribution is 5.76. The fraction of sp³-hybridized carbons (Fsp3) is 0.333. The zero-order valence-electron chi connectivity index (χ0n) is 15.5. The lowest BCUT2D eigenvalue weighted by molar-refractivity contribution is -0.0342. The fourth-order valence-electron chi connectivity index (χ4n) is 3.69. The number of carbonyl (C=O) groups is 1. The lowest BCUT2D eigenvalue weighted by atomic mass is 9.90. The van der Waals surface area contributed by atoms with Crippen molar-refractivity contribution in [2.75, 3.05) is 20.3 Å². The Morgan fingerprint density at radius 2 is 2.14 bits per heavy atom. The monoisotopic (exact) mass is 384 g/mol. The number of carbonyl (C=O) groups excluding carboxylic acids is 1. The molecule has 1 saturated heterocycles. The van der Waals surface area contributed by atoms with Gasteiger partial charge in [0, 0.05) is 5.56 Å². The van der Waals surface area contributed by atoms with Crippen molar-refractivity contribution in [3.63, 3.8) is 0 Å². The quantitative estimate of drug-likeness (QED) is 0.808. The van der Waals surface area contributed by atoms with Crippen molar-refractivity contribution in [1.29, 1.82) is 0 Å². The van der Waals surface area contributed by atoms with Crippen LogP contribution in [0.5, 0.6) is 5.88 Å². The van der Waals surface area contributed by atoms with Crippen molar-refractivity contribution in [2.45, 2.75) is 25.1 Å². The molecule has 0 saturated carbocycles. The molecule has 2 atom stereocenters. The summed E-state index contributed by atoms with van der Waals surface area (Å²) in [5.41, 5.74) is 2.44. The summed E-state index contributed by atoms with van der Waals surface area (Å²) in [7, 11) is 1.50. The van der Waals surface area contributed by atoms with Crippen molar-refractivity contribution in [1.82, 2.24) is 9.88 Å². The molecule has 0 N–H and O–H groups in total. The summed E-state index contributed by atoms with van der Waals surface area (Å²) in [4.78, 5) is 18.5. The van der Waals surface area contributed by atoms with Crippen LogP contribution in [0.4, 0.5) is 9.18 Å². The van der Waals surface area contributed by atoms with Gasteiger partial charge in [0.2, 0.25) is 5.88 Å². The van der Waals surface area contributed by atoms with E-state index in [-0.39, 0.29) is 24.8 Å². The Morgan fingerprint density at radius 1 is 1.32 bits per heavy atom. The first-order chi connectivity index (χ1) is 13.7. The summed E-state index contributed by atoms with van der Waals surface area (Å²) in [6.07, 6.45) is 3.18. The molecule has 1 fully saturated rings. The summed E-state index contributed by atoms with van der Waals surface area (Å²) in [6.45, 7) is 0.986. The van der Waals surface area contributed by atoms with Crippen LogP contribution in [-0.4, -0.2) is 48.4 Å². The van der Waals surface area contributed by atoms with Crippen molar-refractivity contribution in [2.24, 2.45) is 0 Å². The smallest absolute Gasteiger partial charge is 0.411 e. The number of ether oxygens (including phenoxy) is 3. The maximum atomic E-state index is 13.7. The number of methoxy groups -OCH3 is 1. The van der Waals surface area contributed by atoms with Crippen molar-refractivity contribution >= 4 is 11.7 Å². The molecule has 0 spiro atoms. The van der Waals surface area contributed by atoms with Gasteiger partial charge in [0.25, 0.3) is 0 Å². The molecule has 0 radical (unpaired) electrons. The first kappa shape index (κ1) is 18.4. The lowest BCUT2D eigenvalue weighted by Crippen LogP contribution is -2.56. The molecule has 2 aliphatic heterocycles. The van der Waals surface area contributed by atoms with Crippen LogP contribution in [0.15, 0.2) is 48.7 Å². The molecule has 2 aromatic rings. The van der Waals surface area contributed by atoms with Crippen molar-refractivity contribution in [3.05, 3.63) is 65.6 Å². The van der Waals surface area contributed by atoms with Gasteiger partial charge in [-0.2, -0.15) is 0 Å². The SMILES string of the molecule is COc1ncc(F)cc1C1=CC2COCC(C1)N2C(=O)OCc1ccccc1. The molecule has 28 heavy (non-hydrogen) atoms. The van der Waals surface area contributed by atoms with Gasteiger partial charge in [-0.25, -0.2) is 14.2 Å². The highest BCUT2D eigenvalue weighted by Crippen LogP contribution is 2.36. The van der Waals surface area contributed by atoms with Crippen LogP contribution >= 0.6 is 0 Å². The van der Waals surface area contributed by atoms with Crippen LogP contribution in [0.25, 0.3) is 5.57 Å². The summed E-state index contributed by atoms with van der Waals surface area (Å²) >= 11 is 0. The van der Waals surface area contributed by atoms with Crippen LogP contribution in [0.2, 0.25) is 0 Å². The number of hydrogen-bond donors (Lipinski definition) is 0. The van der Waals surface area contributed by atoms with Gasteiger partial charge in [0.15, 0.2) is 0 Å². The minimum atomic E-state index is -0.428. The Morgan fingerprint density at radius 3 is 2.89 bits per heavy atom. The van der Waals surface area contributed by atoms with Crippen molar-refractivity contribution in [3.8, 4) is 5.88 Å². The second-order valence-electron chi connectivity index (χ2n) is 6.81. The number of benzene rings is 1. The highest BCUT2D eigenvalue weighted by atomic mass is 19.1. The Kier molecular flexibility index (Phi) is 5.25. The number of nitrogens with zero attached hydrogens (tertiary/aromatic N) is 2. The van der Waals surface area contributed by atoms with Crippen molar-refractivity contribution < 1.29 is 23.4 Å². The van der Waals surface area contributed by atoms with Gasteiger partial charge in [0.1, 0.15) is 12.4 Å². The fourth-order valence-corrected chi connectivity index (χ4v) is 3.69. The molecule has 2 aliphatic rings. The predicted molar refractivity (Wildman–Crippen MR) is 100 cm³/mol. The molecular formula is C21H21FN2O4. The van der Waals surface area contributed by atoms with Gasteiger partial charge in [-0.1, -0.05) is 36.4 Å². The number of halogens is 1. The number of rotatable bonds is 4. The average Bonchev–Trinajstić information content (AvgIpc) is 2.71. The van der Waals surface area contributed by atoms with Crippen LogP contribution < -0.4 is 4.74 Å². The van der Waals surface area contributed by atoms with E-state index in [1.54, 1.807) is 4.90 Å². The van der Waals surface area contributed by atoms with E-state index in [9.17, 15) is 9.18 Å². The molecule has 2 unspecified atom stereocenters. The number of hydrogen-bond acceptors (Lipinski definition) is 5. The Bertz CT molecular complexity index is 887. The number of morpholine rings is 1. The zero-order chi connectivity index (χ0) is 19.5. The summed E-state index contributed by atoms with van der Waals surface area (Å²) in [5.74, 6) is -0.0606. The number of aromatic nitrogens is 1. The van der Waals surface area contributed by atoms with Crippen LogP contribution in [-0.2, 0) is 16.1 Å². The lowest BCUT2D eigenvalue weighted by Gasteiger charge is -2.43. The summed E-state index contributed by atoms with van der Waals surface area (Å²) in [6, 6.07) is 10.5. The Labute approximate surface area is 162 Å². The minimum Gasteiger partial charge on any atom is -0.481 e. The third-order valence-corrected chi connectivity index (χ3v) is 4.97. The molecule has 4 rings (SSSR count). The third-order valence-electron chi connectivity index (χ3n) is 4.97. The summed E-state index contributed by atoms with van der Waals surface area (Å²) in [5, 5.41) is 0. The van der Waals surface area contributed by atoms with E-state index >= 15 is 0 Å². The molecule has 0 aliphatic carbocycles. The molecule has 7 heteroatoms. The number of amides is 1. The molecule has 146 valence electrons. The van der Waals surface area contributed by atoms with E-state index in [0.29, 0.717) is 31.1 Å². The maximum Gasteiger partial charge on any atom is 0.411 e. The van der Waals surface area contributed by atoms with Crippen LogP contribution in [0.1, 0.15) is 17.5 Å². The van der Waals surface area contributed by atoms with E-state index in [2.05, 4.69) is 4.98 Å². The average molecular weight is 384 g/mol. The maximum absolute atomic E-state index is 13.7. The normalized spacial score (nSPS) is 21.1. The van der Waals surface area contributed by atoms with Gasteiger partial charge in [-0.05, 0) is 23.6 Å². The molecule has 2 bridgehead atoms. The Hall–Kier alpha value is -2.93. The van der Waals surface area contributed by atoms with Gasteiger partial charge in [-0.3, -0.25) is 4.90 Å². The van der Waals surface area contributed by atoms with E-state index in [4.69, 9.17) is 14.2 Å². The van der Waals surface area contributed by atoms with E-state index in [1.165, 1.54) is 13.2 Å². The van der Waals surface area contributed by atoms with Gasteiger partial charge in [-0.15, -0.1) is 0 Å². The molecule has 1 aromatic heterocycles. The van der Waals surface area contributed by atoms with Gasteiger partial charge in [0.05, 0.1) is 38.6 Å². The first-order valence-electron chi connectivity index (χ1n) is 9.13. The van der Waals surface area contributed by atoms with Crippen LogP contribution in [0, 0.1) is 5.82 Å². The largest absolute Gasteiger partial charge is 0.481 e. The van der Waals surface area contributed by atoms with Gasteiger partial charge < -0.3 is 14.2 Å². The second kappa shape index (κ2) is 7.98. The molecule has 1 aromatic carbocycles. The molecular weight excluding hydrogens is 363 g/mol. The Balaban J connectivity index is 1.54. The molecule has 6 nitrogen and oxygen atoms in total. The topological polar surface area (TPSA) is 60.9 Å². The van der Waals surface area contributed by atoms with E-state index in [1.807, 2.05) is 36.4 Å². The predicted octanol–water partition coefficient (Wildman–Crippen LogP) is 3.42. The molecule has 3 heterocycles. The standard InChI is InChI=1S/C21H21FN2O4/c1-26-20-19(9-16(22)10-23-20)15-7-17-12-27-13-18(8-15)24(17)21(25)28-11-14-5-3-2-4-6-14/h2-7,9-10,17-18H,8,11-13H2,1H3.